The molecule has 0 atom stereocenters. The maximum absolute atomic E-state index is 12.1. The second-order valence-corrected chi connectivity index (χ2v) is 5.98. The topological polar surface area (TPSA) is 55.4 Å². The van der Waals surface area contributed by atoms with Crippen LogP contribution in [0.5, 0.6) is 0 Å². The third kappa shape index (κ3) is 5.10. The van der Waals surface area contributed by atoms with Crippen LogP contribution in [-0.2, 0) is 16.0 Å². The van der Waals surface area contributed by atoms with Crippen molar-refractivity contribution in [3.8, 4) is 0 Å². The Balaban J connectivity index is 1.90. The minimum absolute atomic E-state index is 0.133. The SMILES string of the molecule is COC(=O)c1ccc(Cl)c(NC(=O)CCCc2ccc(C)cc2)c1. The minimum atomic E-state index is -0.471. The second kappa shape index (κ2) is 8.50. The standard InChI is InChI=1S/C19H20ClNO3/c1-13-6-8-14(9-7-13)4-3-5-18(22)21-17-12-15(19(23)24-2)10-11-16(17)20/h6-12H,3-5H2,1-2H3,(H,21,22). The molecule has 0 heterocycles. The summed E-state index contributed by atoms with van der Waals surface area (Å²) in [6.07, 6.45) is 1.96. The van der Waals surface area contributed by atoms with Gasteiger partial charge < -0.3 is 10.1 Å². The van der Waals surface area contributed by atoms with E-state index in [1.807, 2.05) is 6.92 Å². The van der Waals surface area contributed by atoms with E-state index in [0.29, 0.717) is 22.7 Å². The number of rotatable bonds is 6. The van der Waals surface area contributed by atoms with Crippen molar-refractivity contribution < 1.29 is 14.3 Å². The molecule has 0 fully saturated rings. The summed E-state index contributed by atoms with van der Waals surface area (Å²) in [5.41, 5.74) is 3.19. The molecule has 0 aromatic heterocycles. The lowest BCUT2D eigenvalue weighted by Crippen LogP contribution is -2.13. The average Bonchev–Trinajstić information content (AvgIpc) is 2.58. The Morgan fingerprint density at radius 2 is 1.83 bits per heavy atom. The molecule has 0 saturated carbocycles. The number of aryl methyl sites for hydroxylation is 2. The molecule has 0 spiro atoms. The number of hydrogen-bond donors (Lipinski definition) is 1. The van der Waals surface area contributed by atoms with Crippen molar-refractivity contribution in [2.75, 3.05) is 12.4 Å². The van der Waals surface area contributed by atoms with Crippen LogP contribution in [0.3, 0.4) is 0 Å². The summed E-state index contributed by atoms with van der Waals surface area (Å²) in [6.45, 7) is 2.05. The number of carbonyl (C=O) groups excluding carboxylic acids is 2. The molecule has 126 valence electrons. The van der Waals surface area contributed by atoms with Crippen LogP contribution >= 0.6 is 11.6 Å². The molecule has 0 bridgehead atoms. The van der Waals surface area contributed by atoms with Gasteiger partial charge in [0.2, 0.25) is 5.91 Å². The first-order chi connectivity index (χ1) is 11.5. The monoisotopic (exact) mass is 345 g/mol. The molecular formula is C19H20ClNO3. The van der Waals surface area contributed by atoms with Gasteiger partial charge in [-0.15, -0.1) is 0 Å². The van der Waals surface area contributed by atoms with Crippen LogP contribution in [0.1, 0.15) is 34.3 Å². The summed E-state index contributed by atoms with van der Waals surface area (Å²) in [4.78, 5) is 23.6. The number of halogens is 1. The lowest BCUT2D eigenvalue weighted by Gasteiger charge is -2.09. The number of amides is 1. The van der Waals surface area contributed by atoms with E-state index in [2.05, 4.69) is 34.3 Å². The van der Waals surface area contributed by atoms with Crippen molar-refractivity contribution in [1.29, 1.82) is 0 Å². The molecule has 2 aromatic rings. The summed E-state index contributed by atoms with van der Waals surface area (Å²) in [5.74, 6) is -0.604. The number of methoxy groups -OCH3 is 1. The van der Waals surface area contributed by atoms with Gasteiger partial charge in [-0.2, -0.15) is 0 Å². The third-order valence-corrected chi connectivity index (χ3v) is 3.98. The Hall–Kier alpha value is -2.33. The molecule has 2 rings (SSSR count). The fourth-order valence-electron chi connectivity index (χ4n) is 2.29. The van der Waals surface area contributed by atoms with Gasteiger partial charge in [-0.05, 0) is 43.5 Å². The van der Waals surface area contributed by atoms with E-state index in [4.69, 9.17) is 11.6 Å². The molecule has 4 nitrogen and oxygen atoms in total. The highest BCUT2D eigenvalue weighted by molar-refractivity contribution is 6.33. The van der Waals surface area contributed by atoms with Crippen molar-refractivity contribution in [1.82, 2.24) is 0 Å². The minimum Gasteiger partial charge on any atom is -0.465 e. The van der Waals surface area contributed by atoms with Crippen molar-refractivity contribution in [3.63, 3.8) is 0 Å². The van der Waals surface area contributed by atoms with Crippen LogP contribution in [0.4, 0.5) is 5.69 Å². The molecule has 0 aliphatic heterocycles. The predicted molar refractivity (Wildman–Crippen MR) is 95.5 cm³/mol. The molecule has 0 radical (unpaired) electrons. The van der Waals surface area contributed by atoms with E-state index < -0.39 is 5.97 Å². The van der Waals surface area contributed by atoms with Gasteiger partial charge in [0.15, 0.2) is 0 Å². The fraction of sp³-hybridized carbons (Fsp3) is 0.263. The van der Waals surface area contributed by atoms with Gasteiger partial charge in [0.25, 0.3) is 0 Å². The number of carbonyl (C=O) groups is 2. The summed E-state index contributed by atoms with van der Waals surface area (Å²) in [7, 11) is 1.31. The quantitative estimate of drug-likeness (QED) is 0.789. The molecule has 5 heteroatoms. The Bertz CT molecular complexity index is 726. The Morgan fingerprint density at radius 1 is 1.12 bits per heavy atom. The molecule has 2 aromatic carbocycles. The summed E-state index contributed by atoms with van der Waals surface area (Å²) in [5, 5.41) is 3.13. The Morgan fingerprint density at radius 3 is 2.50 bits per heavy atom. The van der Waals surface area contributed by atoms with Crippen molar-refractivity contribution in [3.05, 3.63) is 64.2 Å². The first kappa shape index (κ1) is 18.0. The molecule has 24 heavy (non-hydrogen) atoms. The number of nitrogens with one attached hydrogen (secondary N) is 1. The zero-order valence-corrected chi connectivity index (χ0v) is 14.5. The molecule has 1 amide bonds. The van der Waals surface area contributed by atoms with Crippen LogP contribution in [0.25, 0.3) is 0 Å². The highest BCUT2D eigenvalue weighted by Crippen LogP contribution is 2.23. The Kier molecular flexibility index (Phi) is 6.38. The maximum Gasteiger partial charge on any atom is 0.337 e. The van der Waals surface area contributed by atoms with E-state index in [-0.39, 0.29) is 5.91 Å². The predicted octanol–water partition coefficient (Wildman–Crippen LogP) is 4.40. The molecule has 0 aliphatic carbocycles. The fourth-order valence-corrected chi connectivity index (χ4v) is 2.45. The van der Waals surface area contributed by atoms with E-state index in [1.165, 1.54) is 24.3 Å². The smallest absolute Gasteiger partial charge is 0.337 e. The van der Waals surface area contributed by atoms with Gasteiger partial charge in [0, 0.05) is 6.42 Å². The summed E-state index contributed by atoms with van der Waals surface area (Å²) < 4.78 is 4.66. The first-order valence-electron chi connectivity index (χ1n) is 7.73. The first-order valence-corrected chi connectivity index (χ1v) is 8.10. The van der Waals surface area contributed by atoms with E-state index in [9.17, 15) is 9.59 Å². The highest BCUT2D eigenvalue weighted by atomic mass is 35.5. The van der Waals surface area contributed by atoms with Crippen molar-refractivity contribution >= 4 is 29.2 Å². The largest absolute Gasteiger partial charge is 0.465 e. The van der Waals surface area contributed by atoms with Crippen LogP contribution in [0.2, 0.25) is 5.02 Å². The van der Waals surface area contributed by atoms with Crippen molar-refractivity contribution in [2.24, 2.45) is 0 Å². The number of hydrogen-bond acceptors (Lipinski definition) is 3. The normalized spacial score (nSPS) is 10.3. The zero-order valence-electron chi connectivity index (χ0n) is 13.8. The van der Waals surface area contributed by atoms with E-state index >= 15 is 0 Å². The second-order valence-electron chi connectivity index (χ2n) is 5.57. The van der Waals surface area contributed by atoms with Crippen LogP contribution in [-0.4, -0.2) is 19.0 Å². The van der Waals surface area contributed by atoms with Gasteiger partial charge in [0.1, 0.15) is 0 Å². The van der Waals surface area contributed by atoms with Gasteiger partial charge >= 0.3 is 5.97 Å². The van der Waals surface area contributed by atoms with Crippen LogP contribution in [0.15, 0.2) is 42.5 Å². The molecule has 0 aliphatic rings. The average molecular weight is 346 g/mol. The summed E-state index contributed by atoms with van der Waals surface area (Å²) >= 11 is 6.07. The van der Waals surface area contributed by atoms with Crippen LogP contribution < -0.4 is 5.32 Å². The Labute approximate surface area is 146 Å². The van der Waals surface area contributed by atoms with E-state index in [0.717, 1.165) is 12.8 Å². The molecule has 0 unspecified atom stereocenters. The zero-order chi connectivity index (χ0) is 17.5. The lowest BCUT2D eigenvalue weighted by molar-refractivity contribution is -0.116. The van der Waals surface area contributed by atoms with Crippen LogP contribution in [0, 0.1) is 6.92 Å². The highest BCUT2D eigenvalue weighted by Gasteiger charge is 2.11. The lowest BCUT2D eigenvalue weighted by atomic mass is 10.1. The molecular weight excluding hydrogens is 326 g/mol. The third-order valence-electron chi connectivity index (χ3n) is 3.65. The number of anilines is 1. The number of benzene rings is 2. The number of esters is 1. The van der Waals surface area contributed by atoms with Gasteiger partial charge in [-0.1, -0.05) is 41.4 Å². The summed E-state index contributed by atoms with van der Waals surface area (Å²) in [6, 6.07) is 12.9. The van der Waals surface area contributed by atoms with E-state index in [1.54, 1.807) is 12.1 Å². The van der Waals surface area contributed by atoms with Gasteiger partial charge in [0.05, 0.1) is 23.4 Å². The number of ether oxygens (including phenoxy) is 1. The van der Waals surface area contributed by atoms with Gasteiger partial charge in [-0.3, -0.25) is 4.79 Å². The van der Waals surface area contributed by atoms with Gasteiger partial charge in [-0.25, -0.2) is 4.79 Å². The molecule has 0 saturated heterocycles. The van der Waals surface area contributed by atoms with Crippen molar-refractivity contribution in [2.45, 2.75) is 26.2 Å². The molecule has 1 N–H and O–H groups in total. The maximum atomic E-state index is 12.1.